The van der Waals surface area contributed by atoms with E-state index in [1.165, 1.54) is 17.1 Å². The van der Waals surface area contributed by atoms with Crippen molar-refractivity contribution < 1.29 is 13.2 Å². The van der Waals surface area contributed by atoms with Crippen LogP contribution in [-0.4, -0.2) is 17.2 Å². The minimum atomic E-state index is -4.29. The Bertz CT molecular complexity index is 414. The van der Waals surface area contributed by atoms with E-state index in [1.54, 1.807) is 18.2 Å². The fourth-order valence-corrected chi connectivity index (χ4v) is 2.41. The van der Waals surface area contributed by atoms with E-state index in [0.29, 0.717) is 0 Å². The highest BCUT2D eigenvalue weighted by Gasteiger charge is 2.72. The largest absolute Gasteiger partial charge is 0.426 e. The molecule has 1 saturated heterocycles. The van der Waals surface area contributed by atoms with Crippen molar-refractivity contribution in [1.29, 1.82) is 0 Å². The quantitative estimate of drug-likeness (QED) is 0.807. The van der Waals surface area contributed by atoms with Gasteiger partial charge < -0.3 is 0 Å². The highest BCUT2D eigenvalue weighted by Crippen LogP contribution is 2.53. The molecule has 2 aliphatic rings. The first kappa shape index (κ1) is 11.0. The minimum absolute atomic E-state index is 0.0248. The lowest BCUT2D eigenvalue weighted by atomic mass is 9.91. The lowest BCUT2D eigenvalue weighted by Gasteiger charge is -2.29. The minimum Gasteiger partial charge on any atom is -0.219 e. The molecule has 2 fully saturated rings. The van der Waals surface area contributed by atoms with Gasteiger partial charge >= 0.3 is 6.18 Å². The SMILES string of the molecule is FC(F)(F)C1(c2ccccc2)NN1C1CCC1. The number of hydrogen-bond acceptors (Lipinski definition) is 2. The first-order chi connectivity index (χ1) is 8.06. The Labute approximate surface area is 97.4 Å². The summed E-state index contributed by atoms with van der Waals surface area (Å²) in [4.78, 5) is 0. The Balaban J connectivity index is 1.95. The van der Waals surface area contributed by atoms with Crippen LogP contribution in [0.2, 0.25) is 0 Å². The molecule has 5 heteroatoms. The van der Waals surface area contributed by atoms with E-state index in [9.17, 15) is 13.2 Å². The smallest absolute Gasteiger partial charge is 0.219 e. The van der Waals surface area contributed by atoms with Gasteiger partial charge in [-0.15, -0.1) is 0 Å². The predicted octanol–water partition coefficient (Wildman–Crippen LogP) is 2.77. The van der Waals surface area contributed by atoms with Crippen LogP contribution in [0.4, 0.5) is 13.2 Å². The van der Waals surface area contributed by atoms with Gasteiger partial charge in [-0.1, -0.05) is 36.8 Å². The van der Waals surface area contributed by atoms with Gasteiger partial charge in [0.15, 0.2) is 0 Å². The fraction of sp³-hybridized carbons (Fsp3) is 0.500. The van der Waals surface area contributed by atoms with Crippen molar-refractivity contribution in [2.24, 2.45) is 0 Å². The zero-order chi connectivity index (χ0) is 12.1. The van der Waals surface area contributed by atoms with E-state index >= 15 is 0 Å². The van der Waals surface area contributed by atoms with Gasteiger partial charge in [0.05, 0.1) is 0 Å². The number of alkyl halides is 3. The van der Waals surface area contributed by atoms with Crippen LogP contribution in [0, 0.1) is 0 Å². The molecule has 1 aliphatic carbocycles. The summed E-state index contributed by atoms with van der Waals surface area (Å²) in [6, 6.07) is 8.09. The van der Waals surface area contributed by atoms with Crippen LogP contribution in [0.25, 0.3) is 0 Å². The Morgan fingerprint density at radius 1 is 1.18 bits per heavy atom. The second-order valence-electron chi connectivity index (χ2n) is 4.64. The highest BCUT2D eigenvalue weighted by atomic mass is 19.4. The second-order valence-corrected chi connectivity index (χ2v) is 4.64. The van der Waals surface area contributed by atoms with Crippen molar-refractivity contribution in [1.82, 2.24) is 10.4 Å². The van der Waals surface area contributed by atoms with Crippen molar-refractivity contribution in [3.63, 3.8) is 0 Å². The molecule has 92 valence electrons. The van der Waals surface area contributed by atoms with Crippen LogP contribution < -0.4 is 5.43 Å². The summed E-state index contributed by atoms with van der Waals surface area (Å²) in [6.45, 7) is 0. The zero-order valence-electron chi connectivity index (χ0n) is 9.17. The van der Waals surface area contributed by atoms with Crippen LogP contribution in [0.1, 0.15) is 24.8 Å². The molecular formula is C12H13F3N2. The maximum Gasteiger partial charge on any atom is 0.426 e. The van der Waals surface area contributed by atoms with E-state index < -0.39 is 11.8 Å². The number of hydrogen-bond donors (Lipinski definition) is 1. The Morgan fingerprint density at radius 2 is 1.82 bits per heavy atom. The Kier molecular flexibility index (Phi) is 2.25. The molecule has 0 bridgehead atoms. The summed E-state index contributed by atoms with van der Waals surface area (Å²) in [5.74, 6) is 0. The number of benzene rings is 1. The third kappa shape index (κ3) is 1.49. The Morgan fingerprint density at radius 3 is 2.29 bits per heavy atom. The molecule has 2 atom stereocenters. The van der Waals surface area contributed by atoms with Gasteiger partial charge in [-0.2, -0.15) is 13.2 Å². The molecule has 1 heterocycles. The lowest BCUT2D eigenvalue weighted by Crippen LogP contribution is -2.40. The van der Waals surface area contributed by atoms with Crippen LogP contribution >= 0.6 is 0 Å². The molecule has 1 aromatic rings. The van der Waals surface area contributed by atoms with Gasteiger partial charge in [0.2, 0.25) is 5.66 Å². The second kappa shape index (κ2) is 3.46. The van der Waals surface area contributed by atoms with Crippen LogP contribution in [-0.2, 0) is 5.66 Å². The number of rotatable bonds is 2. The van der Waals surface area contributed by atoms with Crippen molar-refractivity contribution >= 4 is 0 Å². The molecule has 1 aromatic carbocycles. The molecule has 0 amide bonds. The van der Waals surface area contributed by atoms with Gasteiger partial charge in [-0.05, 0) is 18.4 Å². The lowest BCUT2D eigenvalue weighted by molar-refractivity contribution is -0.179. The van der Waals surface area contributed by atoms with Crippen LogP contribution in [0.3, 0.4) is 0 Å². The molecule has 0 spiro atoms. The Hall–Kier alpha value is -1.07. The summed E-state index contributed by atoms with van der Waals surface area (Å²) in [5.41, 5.74) is 0.881. The van der Waals surface area contributed by atoms with E-state index in [4.69, 9.17) is 0 Å². The molecule has 2 nitrogen and oxygen atoms in total. The first-order valence-electron chi connectivity index (χ1n) is 5.75. The number of halogens is 3. The molecule has 1 N–H and O–H groups in total. The third-order valence-electron chi connectivity index (χ3n) is 3.64. The summed E-state index contributed by atoms with van der Waals surface area (Å²) >= 11 is 0. The zero-order valence-corrected chi connectivity index (χ0v) is 9.17. The summed E-state index contributed by atoms with van der Waals surface area (Å²) < 4.78 is 39.7. The standard InChI is InChI=1S/C12H13F3N2/c13-12(14,15)11(9-5-2-1-3-6-9)16-17(11)10-7-4-8-10/h1-3,5-6,10,16H,4,7-8H2. The van der Waals surface area contributed by atoms with Gasteiger partial charge in [0.1, 0.15) is 0 Å². The average molecular weight is 242 g/mol. The van der Waals surface area contributed by atoms with Gasteiger partial charge in [0.25, 0.3) is 0 Å². The number of nitrogens with zero attached hydrogens (tertiary/aromatic N) is 1. The number of nitrogens with one attached hydrogen (secondary N) is 1. The molecule has 0 radical (unpaired) electrons. The van der Waals surface area contributed by atoms with Crippen molar-refractivity contribution in [2.75, 3.05) is 0 Å². The monoisotopic (exact) mass is 242 g/mol. The molecule has 1 aliphatic heterocycles. The van der Waals surface area contributed by atoms with Crippen molar-refractivity contribution in [2.45, 2.75) is 37.1 Å². The molecule has 0 aromatic heterocycles. The van der Waals surface area contributed by atoms with E-state index in [-0.39, 0.29) is 11.6 Å². The highest BCUT2D eigenvalue weighted by molar-refractivity contribution is 5.31. The number of hydrazine groups is 1. The predicted molar refractivity (Wildman–Crippen MR) is 56.8 cm³/mol. The van der Waals surface area contributed by atoms with Gasteiger partial charge in [-0.25, -0.2) is 10.4 Å². The van der Waals surface area contributed by atoms with Gasteiger partial charge in [-0.3, -0.25) is 0 Å². The molecular weight excluding hydrogens is 229 g/mol. The normalized spacial score (nSPS) is 33.2. The van der Waals surface area contributed by atoms with Crippen molar-refractivity contribution in [3.05, 3.63) is 35.9 Å². The average Bonchev–Trinajstić information content (AvgIpc) is 2.92. The molecule has 3 rings (SSSR count). The van der Waals surface area contributed by atoms with Crippen LogP contribution in [0.5, 0.6) is 0 Å². The summed E-state index contributed by atoms with van der Waals surface area (Å²) in [7, 11) is 0. The van der Waals surface area contributed by atoms with E-state index in [2.05, 4.69) is 5.43 Å². The topological polar surface area (TPSA) is 25.0 Å². The maximum atomic E-state index is 13.2. The van der Waals surface area contributed by atoms with Gasteiger partial charge in [0, 0.05) is 6.04 Å². The maximum absolute atomic E-state index is 13.2. The van der Waals surface area contributed by atoms with E-state index in [0.717, 1.165) is 19.3 Å². The van der Waals surface area contributed by atoms with Crippen LogP contribution in [0.15, 0.2) is 30.3 Å². The van der Waals surface area contributed by atoms with Crippen molar-refractivity contribution in [3.8, 4) is 0 Å². The molecule has 2 unspecified atom stereocenters. The molecule has 1 saturated carbocycles. The van der Waals surface area contributed by atoms with E-state index in [1.807, 2.05) is 0 Å². The first-order valence-corrected chi connectivity index (χ1v) is 5.75. The molecule has 17 heavy (non-hydrogen) atoms. The summed E-state index contributed by atoms with van der Waals surface area (Å²) in [6.07, 6.45) is -1.58. The third-order valence-corrected chi connectivity index (χ3v) is 3.64. The fourth-order valence-electron chi connectivity index (χ4n) is 2.41. The summed E-state index contributed by atoms with van der Waals surface area (Å²) in [5, 5.41) is 1.37.